The molecule has 3 N–H and O–H groups in total. The Balaban J connectivity index is 1.95. The zero-order chi connectivity index (χ0) is 13.7. The second-order valence-corrected chi connectivity index (χ2v) is 4.61. The number of rotatable bonds is 4. The molecule has 0 fully saturated rings. The third kappa shape index (κ3) is 3.93. The maximum Gasteiger partial charge on any atom is 0.228 e. The number of hydrogen-bond donors (Lipinski definition) is 2. The van der Waals surface area contributed by atoms with Gasteiger partial charge in [0, 0.05) is 12.2 Å². The van der Waals surface area contributed by atoms with Crippen molar-refractivity contribution in [1.82, 2.24) is 0 Å². The van der Waals surface area contributed by atoms with Gasteiger partial charge in [-0.2, -0.15) is 0 Å². The van der Waals surface area contributed by atoms with Gasteiger partial charge < -0.3 is 11.1 Å². The maximum atomic E-state index is 11.9. The predicted octanol–water partition coefficient (Wildman–Crippen LogP) is 2.63. The first kappa shape index (κ1) is 13.3. The topological polar surface area (TPSA) is 55.1 Å². The van der Waals surface area contributed by atoms with Crippen molar-refractivity contribution in [2.75, 3.05) is 5.32 Å². The van der Waals surface area contributed by atoms with Gasteiger partial charge in [-0.1, -0.05) is 42.0 Å². The van der Waals surface area contributed by atoms with Crippen LogP contribution in [0.3, 0.4) is 0 Å². The molecule has 98 valence electrons. The molecule has 0 heterocycles. The smallest absolute Gasteiger partial charge is 0.228 e. The number of amides is 1. The lowest BCUT2D eigenvalue weighted by atomic mass is 10.1. The molecule has 0 saturated carbocycles. The number of nitrogens with two attached hydrogens (primary N) is 1. The van der Waals surface area contributed by atoms with Crippen LogP contribution >= 0.6 is 0 Å². The number of anilines is 1. The van der Waals surface area contributed by atoms with Crippen LogP contribution in [0.1, 0.15) is 16.7 Å². The minimum absolute atomic E-state index is 0.00986. The third-order valence-electron chi connectivity index (χ3n) is 2.96. The number of carbonyl (C=O) groups is 1. The Morgan fingerprint density at radius 2 is 1.58 bits per heavy atom. The van der Waals surface area contributed by atoms with E-state index in [-0.39, 0.29) is 5.91 Å². The first-order chi connectivity index (χ1) is 9.17. The molecule has 2 aromatic rings. The van der Waals surface area contributed by atoms with Crippen LogP contribution in [0.15, 0.2) is 48.5 Å². The Bertz CT molecular complexity index is 544. The van der Waals surface area contributed by atoms with Crippen molar-refractivity contribution >= 4 is 11.6 Å². The fourth-order valence-corrected chi connectivity index (χ4v) is 1.82. The molecule has 0 aromatic heterocycles. The second kappa shape index (κ2) is 6.16. The van der Waals surface area contributed by atoms with E-state index in [0.29, 0.717) is 13.0 Å². The van der Waals surface area contributed by atoms with Gasteiger partial charge in [-0.25, -0.2) is 0 Å². The summed E-state index contributed by atoms with van der Waals surface area (Å²) in [5, 5.41) is 2.88. The van der Waals surface area contributed by atoms with Gasteiger partial charge in [-0.15, -0.1) is 0 Å². The quantitative estimate of drug-likeness (QED) is 0.881. The van der Waals surface area contributed by atoms with E-state index in [1.165, 1.54) is 5.56 Å². The molecule has 2 aromatic carbocycles. The molecule has 0 aliphatic carbocycles. The molecule has 2 rings (SSSR count). The van der Waals surface area contributed by atoms with Gasteiger partial charge in [0.25, 0.3) is 0 Å². The standard InChI is InChI=1S/C16H18N2O/c1-12-2-4-13(5-3-12)10-16(19)18-15-8-6-14(11-17)7-9-15/h2-9H,10-11,17H2,1H3,(H,18,19). The molecule has 0 radical (unpaired) electrons. The first-order valence-corrected chi connectivity index (χ1v) is 6.32. The van der Waals surface area contributed by atoms with Gasteiger partial charge >= 0.3 is 0 Å². The Hall–Kier alpha value is -2.13. The Morgan fingerprint density at radius 1 is 1.00 bits per heavy atom. The highest BCUT2D eigenvalue weighted by Gasteiger charge is 2.03. The van der Waals surface area contributed by atoms with Crippen molar-refractivity contribution in [2.24, 2.45) is 5.73 Å². The van der Waals surface area contributed by atoms with Crippen molar-refractivity contribution in [2.45, 2.75) is 19.9 Å². The molecule has 0 atom stereocenters. The molecule has 0 bridgehead atoms. The van der Waals surface area contributed by atoms with Gasteiger partial charge in [0.15, 0.2) is 0 Å². The highest BCUT2D eigenvalue weighted by atomic mass is 16.1. The van der Waals surface area contributed by atoms with Gasteiger partial charge in [0.1, 0.15) is 0 Å². The minimum atomic E-state index is -0.00986. The van der Waals surface area contributed by atoms with Crippen LogP contribution < -0.4 is 11.1 Å². The minimum Gasteiger partial charge on any atom is -0.326 e. The van der Waals surface area contributed by atoms with Gasteiger partial charge in [-0.3, -0.25) is 4.79 Å². The molecule has 0 aliphatic heterocycles. The summed E-state index contributed by atoms with van der Waals surface area (Å²) in [7, 11) is 0. The number of nitrogens with one attached hydrogen (secondary N) is 1. The summed E-state index contributed by atoms with van der Waals surface area (Å²) < 4.78 is 0. The van der Waals surface area contributed by atoms with E-state index in [2.05, 4.69) is 5.32 Å². The predicted molar refractivity (Wildman–Crippen MR) is 77.8 cm³/mol. The van der Waals surface area contributed by atoms with Crippen LogP contribution in [-0.2, 0) is 17.8 Å². The third-order valence-corrected chi connectivity index (χ3v) is 2.96. The first-order valence-electron chi connectivity index (χ1n) is 6.32. The van der Waals surface area contributed by atoms with Crippen LogP contribution in [0.4, 0.5) is 5.69 Å². The molecule has 3 heteroatoms. The molecule has 0 spiro atoms. The summed E-state index contributed by atoms with van der Waals surface area (Å²) >= 11 is 0. The maximum absolute atomic E-state index is 11.9. The number of aryl methyl sites for hydroxylation is 1. The SMILES string of the molecule is Cc1ccc(CC(=O)Nc2ccc(CN)cc2)cc1. The zero-order valence-corrected chi connectivity index (χ0v) is 11.0. The Morgan fingerprint density at radius 3 is 2.16 bits per heavy atom. The van der Waals surface area contributed by atoms with Crippen LogP contribution in [0, 0.1) is 6.92 Å². The van der Waals surface area contributed by atoms with Gasteiger partial charge in [0.2, 0.25) is 5.91 Å². The van der Waals surface area contributed by atoms with Crippen LogP contribution in [-0.4, -0.2) is 5.91 Å². The van der Waals surface area contributed by atoms with Crippen molar-refractivity contribution < 1.29 is 4.79 Å². The number of benzene rings is 2. The molecule has 1 amide bonds. The van der Waals surface area contributed by atoms with E-state index in [9.17, 15) is 4.79 Å². The fourth-order valence-electron chi connectivity index (χ4n) is 1.82. The highest BCUT2D eigenvalue weighted by Crippen LogP contribution is 2.10. The van der Waals surface area contributed by atoms with Crippen LogP contribution in [0.25, 0.3) is 0 Å². The van der Waals surface area contributed by atoms with Crippen LogP contribution in [0.5, 0.6) is 0 Å². The van der Waals surface area contributed by atoms with E-state index in [0.717, 1.165) is 16.8 Å². The Labute approximate surface area is 113 Å². The Kier molecular flexibility index (Phi) is 4.31. The molecule has 0 saturated heterocycles. The van der Waals surface area contributed by atoms with Crippen molar-refractivity contribution in [3.63, 3.8) is 0 Å². The average Bonchev–Trinajstić information content (AvgIpc) is 2.42. The van der Waals surface area contributed by atoms with Crippen LogP contribution in [0.2, 0.25) is 0 Å². The normalized spacial score (nSPS) is 10.2. The summed E-state index contributed by atoms with van der Waals surface area (Å²) in [5.74, 6) is -0.00986. The summed E-state index contributed by atoms with van der Waals surface area (Å²) in [6.45, 7) is 2.54. The monoisotopic (exact) mass is 254 g/mol. The molecule has 3 nitrogen and oxygen atoms in total. The second-order valence-electron chi connectivity index (χ2n) is 4.61. The van der Waals surface area contributed by atoms with Gasteiger partial charge in [0.05, 0.1) is 6.42 Å². The van der Waals surface area contributed by atoms with E-state index < -0.39 is 0 Å². The number of carbonyl (C=O) groups excluding carboxylic acids is 1. The highest BCUT2D eigenvalue weighted by molar-refractivity contribution is 5.92. The average molecular weight is 254 g/mol. The molecule has 0 aliphatic rings. The van der Waals surface area contributed by atoms with E-state index in [4.69, 9.17) is 5.73 Å². The van der Waals surface area contributed by atoms with Gasteiger partial charge in [-0.05, 0) is 30.2 Å². The molecular formula is C16H18N2O. The largest absolute Gasteiger partial charge is 0.326 e. The van der Waals surface area contributed by atoms with E-state index in [1.54, 1.807) is 0 Å². The lowest BCUT2D eigenvalue weighted by Crippen LogP contribution is -2.14. The van der Waals surface area contributed by atoms with Crippen molar-refractivity contribution in [1.29, 1.82) is 0 Å². The lowest BCUT2D eigenvalue weighted by molar-refractivity contribution is -0.115. The molecule has 19 heavy (non-hydrogen) atoms. The zero-order valence-electron chi connectivity index (χ0n) is 11.0. The van der Waals surface area contributed by atoms with Crippen molar-refractivity contribution in [3.8, 4) is 0 Å². The molecular weight excluding hydrogens is 236 g/mol. The van der Waals surface area contributed by atoms with E-state index in [1.807, 2.05) is 55.5 Å². The summed E-state index contributed by atoms with van der Waals surface area (Å²) in [6.07, 6.45) is 0.388. The summed E-state index contributed by atoms with van der Waals surface area (Å²) in [6, 6.07) is 15.6. The van der Waals surface area contributed by atoms with E-state index >= 15 is 0 Å². The molecule has 0 unspecified atom stereocenters. The fraction of sp³-hybridized carbons (Fsp3) is 0.188. The summed E-state index contributed by atoms with van der Waals surface area (Å²) in [5.41, 5.74) is 9.59. The summed E-state index contributed by atoms with van der Waals surface area (Å²) in [4.78, 5) is 11.9. The van der Waals surface area contributed by atoms with Crippen molar-refractivity contribution in [3.05, 3.63) is 65.2 Å². The lowest BCUT2D eigenvalue weighted by Gasteiger charge is -2.06. The number of hydrogen-bond acceptors (Lipinski definition) is 2.